The molecule has 1 saturated heterocycles. The smallest absolute Gasteiger partial charge is 0.385 e. The van der Waals surface area contributed by atoms with Crippen LogP contribution in [0, 0.1) is 0 Å². The van der Waals surface area contributed by atoms with Gasteiger partial charge in [0.05, 0.1) is 5.56 Å². The predicted octanol–water partition coefficient (Wildman–Crippen LogP) is 5.26. The van der Waals surface area contributed by atoms with Gasteiger partial charge in [-0.05, 0) is 62.3 Å². The Morgan fingerprint density at radius 3 is 2.32 bits per heavy atom. The maximum Gasteiger partial charge on any atom is 0.416 e. The Balaban J connectivity index is 2.04. The molecule has 0 bridgehead atoms. The van der Waals surface area contributed by atoms with Crippen molar-refractivity contribution in [2.24, 2.45) is 0 Å². The number of methoxy groups -OCH3 is 1. The Morgan fingerprint density at radius 1 is 1.16 bits per heavy atom. The van der Waals surface area contributed by atoms with Gasteiger partial charge >= 0.3 is 6.18 Å². The lowest BCUT2D eigenvalue weighted by molar-refractivity contribution is -0.137. The van der Waals surface area contributed by atoms with Crippen LogP contribution in [0.1, 0.15) is 57.6 Å². The van der Waals surface area contributed by atoms with Crippen molar-refractivity contribution in [1.29, 1.82) is 0 Å². The van der Waals surface area contributed by atoms with Crippen molar-refractivity contribution in [3.05, 3.63) is 35.4 Å². The molecule has 5 heteroatoms. The summed E-state index contributed by atoms with van der Waals surface area (Å²) in [6.07, 6.45) is 0.0946. The number of likely N-dealkylation sites (tertiary alicyclic amines) is 1. The molecule has 25 heavy (non-hydrogen) atoms. The van der Waals surface area contributed by atoms with E-state index in [1.165, 1.54) is 25.0 Å². The van der Waals surface area contributed by atoms with Crippen LogP contribution in [0.25, 0.3) is 0 Å². The zero-order valence-corrected chi connectivity index (χ0v) is 15.7. The Morgan fingerprint density at radius 2 is 1.76 bits per heavy atom. The van der Waals surface area contributed by atoms with Crippen LogP contribution in [0.2, 0.25) is 0 Å². The maximum absolute atomic E-state index is 12.8. The van der Waals surface area contributed by atoms with Crippen molar-refractivity contribution in [3.63, 3.8) is 0 Å². The quantitative estimate of drug-likeness (QED) is 0.660. The molecular formula is C20H30F3NO. The molecule has 0 N–H and O–H groups in total. The number of halogens is 3. The van der Waals surface area contributed by atoms with Crippen LogP contribution in [-0.4, -0.2) is 37.2 Å². The molecule has 1 fully saturated rings. The summed E-state index contributed by atoms with van der Waals surface area (Å²) in [7, 11) is 1.73. The summed E-state index contributed by atoms with van der Waals surface area (Å²) < 4.78 is 43.5. The van der Waals surface area contributed by atoms with E-state index in [1.54, 1.807) is 19.2 Å². The molecule has 1 aliphatic heterocycles. The Kier molecular flexibility index (Phi) is 6.55. The first-order valence-electron chi connectivity index (χ1n) is 9.07. The normalized spacial score (nSPS) is 20.8. The lowest BCUT2D eigenvalue weighted by atomic mass is 9.78. The van der Waals surface area contributed by atoms with E-state index in [4.69, 9.17) is 4.74 Å². The minimum atomic E-state index is -4.28. The topological polar surface area (TPSA) is 12.5 Å². The Hall–Kier alpha value is -1.07. The highest BCUT2D eigenvalue weighted by atomic mass is 19.4. The van der Waals surface area contributed by atoms with Crippen molar-refractivity contribution in [3.8, 4) is 0 Å². The third kappa shape index (κ3) is 5.20. The van der Waals surface area contributed by atoms with Gasteiger partial charge in [-0.15, -0.1) is 0 Å². The number of benzene rings is 1. The SMILES string of the molecule is COCC[C@H]1CCCN1[C@H](C)CC(C)(C)c1ccc(C(F)(F)F)cc1. The second-order valence-electron chi connectivity index (χ2n) is 7.83. The first kappa shape index (κ1) is 20.2. The highest BCUT2D eigenvalue weighted by molar-refractivity contribution is 5.29. The summed E-state index contributed by atoms with van der Waals surface area (Å²) in [5, 5.41) is 0. The number of ether oxygens (including phenoxy) is 1. The van der Waals surface area contributed by atoms with Crippen LogP contribution in [0.15, 0.2) is 24.3 Å². The van der Waals surface area contributed by atoms with Crippen LogP contribution in [0.4, 0.5) is 13.2 Å². The van der Waals surface area contributed by atoms with Crippen LogP contribution >= 0.6 is 0 Å². The molecule has 0 unspecified atom stereocenters. The van der Waals surface area contributed by atoms with E-state index in [1.807, 2.05) is 0 Å². The molecule has 2 atom stereocenters. The average Bonchev–Trinajstić information content (AvgIpc) is 3.00. The van der Waals surface area contributed by atoms with Gasteiger partial charge in [0.2, 0.25) is 0 Å². The molecule has 0 aliphatic carbocycles. The molecule has 0 aromatic heterocycles. The average molecular weight is 357 g/mol. The number of hydrogen-bond acceptors (Lipinski definition) is 2. The largest absolute Gasteiger partial charge is 0.416 e. The van der Waals surface area contributed by atoms with Crippen LogP contribution in [0.3, 0.4) is 0 Å². The molecule has 0 spiro atoms. The van der Waals surface area contributed by atoms with Crippen molar-refractivity contribution >= 4 is 0 Å². The van der Waals surface area contributed by atoms with Gasteiger partial charge in [-0.2, -0.15) is 13.2 Å². The van der Waals surface area contributed by atoms with E-state index in [9.17, 15) is 13.2 Å². The Bertz CT molecular complexity index is 539. The van der Waals surface area contributed by atoms with E-state index in [0.717, 1.165) is 31.6 Å². The number of rotatable bonds is 7. The molecule has 0 radical (unpaired) electrons. The fourth-order valence-corrected chi connectivity index (χ4v) is 4.09. The minimum absolute atomic E-state index is 0.169. The molecule has 142 valence electrons. The molecular weight excluding hydrogens is 327 g/mol. The third-order valence-electron chi connectivity index (χ3n) is 5.44. The summed E-state index contributed by atoms with van der Waals surface area (Å²) in [5.41, 5.74) is 0.206. The first-order chi connectivity index (χ1) is 11.6. The first-order valence-corrected chi connectivity index (χ1v) is 9.07. The van der Waals surface area contributed by atoms with Gasteiger partial charge in [0.15, 0.2) is 0 Å². The van der Waals surface area contributed by atoms with Gasteiger partial charge in [0.25, 0.3) is 0 Å². The standard InChI is InChI=1S/C20H30F3NO/c1-15(24-12-5-6-18(24)11-13-25-4)14-19(2,3)16-7-9-17(10-8-16)20(21,22)23/h7-10,15,18H,5-6,11-14H2,1-4H3/t15-,18-/m1/s1. The van der Waals surface area contributed by atoms with Crippen LogP contribution in [0.5, 0.6) is 0 Å². The van der Waals surface area contributed by atoms with Gasteiger partial charge in [0.1, 0.15) is 0 Å². The molecule has 1 heterocycles. The van der Waals surface area contributed by atoms with Crippen molar-refractivity contribution in [2.75, 3.05) is 20.3 Å². The molecule has 0 amide bonds. The van der Waals surface area contributed by atoms with E-state index >= 15 is 0 Å². The third-order valence-corrected chi connectivity index (χ3v) is 5.44. The lowest BCUT2D eigenvalue weighted by Gasteiger charge is -2.36. The summed E-state index contributed by atoms with van der Waals surface area (Å²) in [5.74, 6) is 0. The predicted molar refractivity (Wildman–Crippen MR) is 94.8 cm³/mol. The number of hydrogen-bond donors (Lipinski definition) is 0. The minimum Gasteiger partial charge on any atom is -0.385 e. The van der Waals surface area contributed by atoms with Crippen LogP contribution in [-0.2, 0) is 16.3 Å². The van der Waals surface area contributed by atoms with Crippen LogP contribution < -0.4 is 0 Å². The van der Waals surface area contributed by atoms with E-state index in [0.29, 0.717) is 12.1 Å². The van der Waals surface area contributed by atoms with E-state index < -0.39 is 11.7 Å². The second-order valence-corrected chi connectivity index (χ2v) is 7.83. The summed E-state index contributed by atoms with van der Waals surface area (Å²) in [6.45, 7) is 8.34. The van der Waals surface area contributed by atoms with E-state index in [2.05, 4.69) is 25.7 Å². The number of nitrogens with zero attached hydrogens (tertiary/aromatic N) is 1. The Labute approximate surface area is 149 Å². The molecule has 1 aromatic carbocycles. The fourth-order valence-electron chi connectivity index (χ4n) is 4.09. The summed E-state index contributed by atoms with van der Waals surface area (Å²) in [4.78, 5) is 2.55. The molecule has 1 aromatic rings. The maximum atomic E-state index is 12.8. The summed E-state index contributed by atoms with van der Waals surface area (Å²) in [6, 6.07) is 6.59. The van der Waals surface area contributed by atoms with Gasteiger partial charge in [-0.25, -0.2) is 0 Å². The number of alkyl halides is 3. The van der Waals surface area contributed by atoms with Gasteiger partial charge in [-0.3, -0.25) is 4.90 Å². The lowest BCUT2D eigenvalue weighted by Crippen LogP contribution is -2.41. The van der Waals surface area contributed by atoms with Crippen molar-refractivity contribution in [1.82, 2.24) is 4.90 Å². The zero-order valence-electron chi connectivity index (χ0n) is 15.7. The van der Waals surface area contributed by atoms with Gasteiger partial charge in [-0.1, -0.05) is 26.0 Å². The second kappa shape index (κ2) is 8.09. The van der Waals surface area contributed by atoms with E-state index in [-0.39, 0.29) is 5.41 Å². The molecule has 0 saturated carbocycles. The highest BCUT2D eigenvalue weighted by Gasteiger charge is 2.34. The summed E-state index contributed by atoms with van der Waals surface area (Å²) >= 11 is 0. The van der Waals surface area contributed by atoms with Crippen molar-refractivity contribution < 1.29 is 17.9 Å². The zero-order chi connectivity index (χ0) is 18.7. The monoisotopic (exact) mass is 357 g/mol. The highest BCUT2D eigenvalue weighted by Crippen LogP contribution is 2.35. The van der Waals surface area contributed by atoms with Gasteiger partial charge in [0, 0.05) is 25.8 Å². The molecule has 2 rings (SSSR count). The fraction of sp³-hybridized carbons (Fsp3) is 0.700. The molecule has 2 nitrogen and oxygen atoms in total. The van der Waals surface area contributed by atoms with Crippen molar-refractivity contribution in [2.45, 2.75) is 70.1 Å². The molecule has 1 aliphatic rings. The van der Waals surface area contributed by atoms with Gasteiger partial charge < -0.3 is 4.74 Å².